The van der Waals surface area contributed by atoms with Crippen molar-refractivity contribution in [1.29, 1.82) is 0 Å². The number of carbonyl (C=O) groups is 1. The average molecular weight is 266 g/mol. The first-order valence-corrected chi connectivity index (χ1v) is 6.45. The molecular formula is C12H21F3N2O. The summed E-state index contributed by atoms with van der Waals surface area (Å²) >= 11 is 0. The number of rotatable bonds is 5. The second kappa shape index (κ2) is 6.97. The summed E-state index contributed by atoms with van der Waals surface area (Å²) in [5.41, 5.74) is 0. The molecule has 18 heavy (non-hydrogen) atoms. The van der Waals surface area contributed by atoms with Crippen LogP contribution in [0.3, 0.4) is 0 Å². The molecule has 1 aliphatic rings. The smallest absolute Gasteiger partial charge is 0.340 e. The van der Waals surface area contributed by atoms with E-state index in [1.165, 1.54) is 0 Å². The first kappa shape index (κ1) is 15.3. The highest BCUT2D eigenvalue weighted by Crippen LogP contribution is 2.25. The predicted octanol–water partition coefficient (Wildman–Crippen LogP) is 2.32. The minimum atomic E-state index is -4.24. The molecule has 0 saturated carbocycles. The molecule has 0 spiro atoms. The number of nitrogens with zero attached hydrogens (tertiary/aromatic N) is 1. The largest absolute Gasteiger partial charge is 0.389 e. The molecule has 1 aliphatic heterocycles. The fraction of sp³-hybridized carbons (Fsp3) is 0.917. The lowest BCUT2D eigenvalue weighted by molar-refractivity contribution is -0.151. The van der Waals surface area contributed by atoms with Crippen LogP contribution in [0.1, 0.15) is 38.5 Å². The second-order valence-corrected chi connectivity index (χ2v) is 4.74. The molecular weight excluding hydrogens is 245 g/mol. The van der Waals surface area contributed by atoms with Gasteiger partial charge in [-0.25, -0.2) is 0 Å². The van der Waals surface area contributed by atoms with E-state index in [1.807, 2.05) is 7.05 Å². The molecule has 1 rings (SSSR count). The number of piperidine rings is 1. The highest BCUT2D eigenvalue weighted by atomic mass is 19.4. The average Bonchev–Trinajstić information content (AvgIpc) is 2.33. The SMILES string of the molecule is CNCCC1CCCCN1C(=O)CCC(F)(F)F. The van der Waals surface area contributed by atoms with Gasteiger partial charge in [-0.05, 0) is 39.3 Å². The summed E-state index contributed by atoms with van der Waals surface area (Å²) in [7, 11) is 1.83. The van der Waals surface area contributed by atoms with E-state index in [1.54, 1.807) is 4.90 Å². The molecule has 1 heterocycles. The van der Waals surface area contributed by atoms with E-state index in [-0.39, 0.29) is 11.9 Å². The summed E-state index contributed by atoms with van der Waals surface area (Å²) in [6.07, 6.45) is -2.01. The van der Waals surface area contributed by atoms with Gasteiger partial charge in [0.2, 0.25) is 5.91 Å². The molecule has 1 unspecified atom stereocenters. The van der Waals surface area contributed by atoms with Gasteiger partial charge in [0.15, 0.2) is 0 Å². The molecule has 3 nitrogen and oxygen atoms in total. The molecule has 1 atom stereocenters. The van der Waals surface area contributed by atoms with Crippen molar-refractivity contribution in [2.75, 3.05) is 20.1 Å². The van der Waals surface area contributed by atoms with Crippen molar-refractivity contribution in [3.8, 4) is 0 Å². The Kier molecular flexibility index (Phi) is 5.91. The van der Waals surface area contributed by atoms with Crippen LogP contribution in [0, 0.1) is 0 Å². The Bertz CT molecular complexity index is 269. The van der Waals surface area contributed by atoms with Gasteiger partial charge in [-0.2, -0.15) is 13.2 Å². The molecule has 106 valence electrons. The second-order valence-electron chi connectivity index (χ2n) is 4.74. The minimum absolute atomic E-state index is 0.104. The standard InChI is InChI=1S/C12H21F3N2O/c1-16-8-6-10-4-2-3-9-17(10)11(18)5-7-12(13,14)15/h10,16H,2-9H2,1H3. The fourth-order valence-corrected chi connectivity index (χ4v) is 2.33. The van der Waals surface area contributed by atoms with Gasteiger partial charge in [0.25, 0.3) is 0 Å². The van der Waals surface area contributed by atoms with E-state index in [4.69, 9.17) is 0 Å². The normalized spacial score (nSPS) is 21.1. The van der Waals surface area contributed by atoms with Gasteiger partial charge in [-0.1, -0.05) is 0 Å². The maximum atomic E-state index is 12.1. The third-order valence-electron chi connectivity index (χ3n) is 3.30. The van der Waals surface area contributed by atoms with Crippen LogP contribution in [0.15, 0.2) is 0 Å². The van der Waals surface area contributed by atoms with Gasteiger partial charge in [0.1, 0.15) is 0 Å². The molecule has 0 aromatic heterocycles. The van der Waals surface area contributed by atoms with Gasteiger partial charge in [-0.15, -0.1) is 0 Å². The molecule has 1 amide bonds. The van der Waals surface area contributed by atoms with Crippen LogP contribution in [0.5, 0.6) is 0 Å². The topological polar surface area (TPSA) is 32.3 Å². The summed E-state index contributed by atoms with van der Waals surface area (Å²) in [4.78, 5) is 13.5. The number of carbonyl (C=O) groups excluding carboxylic acids is 1. The van der Waals surface area contributed by atoms with Crippen LogP contribution in [-0.4, -0.2) is 43.2 Å². The zero-order valence-corrected chi connectivity index (χ0v) is 10.7. The quantitative estimate of drug-likeness (QED) is 0.828. The zero-order chi connectivity index (χ0) is 13.6. The van der Waals surface area contributed by atoms with Crippen LogP contribution in [0.4, 0.5) is 13.2 Å². The van der Waals surface area contributed by atoms with Gasteiger partial charge in [0.05, 0.1) is 6.42 Å². The van der Waals surface area contributed by atoms with Crippen molar-refractivity contribution in [3.63, 3.8) is 0 Å². The third kappa shape index (κ3) is 5.25. The van der Waals surface area contributed by atoms with E-state index in [2.05, 4.69) is 5.32 Å². The van der Waals surface area contributed by atoms with Crippen molar-refractivity contribution < 1.29 is 18.0 Å². The van der Waals surface area contributed by atoms with Crippen molar-refractivity contribution in [2.45, 2.75) is 50.7 Å². The molecule has 0 aromatic carbocycles. The lowest BCUT2D eigenvalue weighted by Crippen LogP contribution is -2.45. The highest BCUT2D eigenvalue weighted by Gasteiger charge is 2.31. The van der Waals surface area contributed by atoms with Gasteiger partial charge < -0.3 is 10.2 Å². The highest BCUT2D eigenvalue weighted by molar-refractivity contribution is 5.76. The van der Waals surface area contributed by atoms with Gasteiger partial charge >= 0.3 is 6.18 Å². The summed E-state index contributed by atoms with van der Waals surface area (Å²) < 4.78 is 36.3. The molecule has 1 saturated heterocycles. The van der Waals surface area contributed by atoms with Crippen molar-refractivity contribution >= 4 is 5.91 Å². The molecule has 0 aliphatic carbocycles. The number of alkyl halides is 3. The Hall–Kier alpha value is -0.780. The lowest BCUT2D eigenvalue weighted by Gasteiger charge is -2.36. The van der Waals surface area contributed by atoms with Crippen LogP contribution >= 0.6 is 0 Å². The Morgan fingerprint density at radius 2 is 2.11 bits per heavy atom. The summed E-state index contributed by atoms with van der Waals surface area (Å²) in [5, 5.41) is 3.01. The molecule has 1 fully saturated rings. The summed E-state index contributed by atoms with van der Waals surface area (Å²) in [6, 6.07) is 0.104. The number of hydrogen-bond acceptors (Lipinski definition) is 2. The maximum absolute atomic E-state index is 12.1. The Balaban J connectivity index is 2.46. The zero-order valence-electron chi connectivity index (χ0n) is 10.7. The van der Waals surface area contributed by atoms with E-state index < -0.39 is 19.0 Å². The first-order chi connectivity index (χ1) is 8.44. The first-order valence-electron chi connectivity index (χ1n) is 6.45. The van der Waals surface area contributed by atoms with Crippen molar-refractivity contribution in [2.24, 2.45) is 0 Å². The van der Waals surface area contributed by atoms with Crippen LogP contribution in [0.25, 0.3) is 0 Å². The third-order valence-corrected chi connectivity index (χ3v) is 3.30. The van der Waals surface area contributed by atoms with Crippen molar-refractivity contribution in [3.05, 3.63) is 0 Å². The molecule has 1 N–H and O–H groups in total. The lowest BCUT2D eigenvalue weighted by atomic mass is 9.98. The number of halogens is 3. The van der Waals surface area contributed by atoms with Gasteiger partial charge in [-0.3, -0.25) is 4.79 Å². The molecule has 0 bridgehead atoms. The van der Waals surface area contributed by atoms with E-state index >= 15 is 0 Å². The Labute approximate surface area is 106 Å². The Morgan fingerprint density at radius 3 is 2.72 bits per heavy atom. The number of amides is 1. The number of nitrogens with one attached hydrogen (secondary N) is 1. The van der Waals surface area contributed by atoms with Crippen LogP contribution in [-0.2, 0) is 4.79 Å². The number of hydrogen-bond donors (Lipinski definition) is 1. The predicted molar refractivity (Wildman–Crippen MR) is 63.2 cm³/mol. The Morgan fingerprint density at radius 1 is 1.39 bits per heavy atom. The summed E-state index contributed by atoms with van der Waals surface area (Å²) in [5.74, 6) is -0.354. The minimum Gasteiger partial charge on any atom is -0.340 e. The van der Waals surface area contributed by atoms with Crippen molar-refractivity contribution in [1.82, 2.24) is 10.2 Å². The van der Waals surface area contributed by atoms with E-state index in [9.17, 15) is 18.0 Å². The van der Waals surface area contributed by atoms with Gasteiger partial charge in [0, 0.05) is 19.0 Å². The summed E-state index contributed by atoms with van der Waals surface area (Å²) in [6.45, 7) is 1.39. The van der Waals surface area contributed by atoms with Crippen LogP contribution in [0.2, 0.25) is 0 Å². The maximum Gasteiger partial charge on any atom is 0.389 e. The number of likely N-dealkylation sites (tertiary alicyclic amines) is 1. The monoisotopic (exact) mass is 266 g/mol. The van der Waals surface area contributed by atoms with E-state index in [0.29, 0.717) is 6.54 Å². The van der Waals surface area contributed by atoms with Crippen LogP contribution < -0.4 is 5.32 Å². The molecule has 6 heteroatoms. The molecule has 0 radical (unpaired) electrons. The fourth-order valence-electron chi connectivity index (χ4n) is 2.33. The van der Waals surface area contributed by atoms with E-state index in [0.717, 1.165) is 32.2 Å². The molecule has 0 aromatic rings.